The largest absolute Gasteiger partial charge is 0.343 e. The monoisotopic (exact) mass is 360 g/mol. The van der Waals surface area contributed by atoms with Crippen LogP contribution in [0.15, 0.2) is 33.6 Å². The summed E-state index contributed by atoms with van der Waals surface area (Å²) in [5, 5.41) is 0. The van der Waals surface area contributed by atoms with Gasteiger partial charge < -0.3 is 4.90 Å². The molecule has 1 amide bonds. The van der Waals surface area contributed by atoms with Gasteiger partial charge in [-0.05, 0) is 38.1 Å². The molecule has 2 rings (SSSR count). The van der Waals surface area contributed by atoms with Gasteiger partial charge in [-0.2, -0.15) is 4.31 Å². The molecule has 20 heavy (non-hydrogen) atoms. The second-order valence-electron chi connectivity index (χ2n) is 5.32. The van der Waals surface area contributed by atoms with Gasteiger partial charge in [0.15, 0.2) is 0 Å². The van der Waals surface area contributed by atoms with E-state index in [0.29, 0.717) is 13.1 Å². The molecule has 1 aromatic carbocycles. The van der Waals surface area contributed by atoms with Gasteiger partial charge in [0, 0.05) is 24.6 Å². The zero-order valence-electron chi connectivity index (χ0n) is 11.6. The molecule has 0 aliphatic carbocycles. The van der Waals surface area contributed by atoms with Crippen LogP contribution in [0.4, 0.5) is 0 Å². The second kappa shape index (κ2) is 5.13. The molecule has 0 saturated carbocycles. The van der Waals surface area contributed by atoms with Crippen molar-refractivity contribution < 1.29 is 13.2 Å². The molecule has 0 radical (unpaired) electrons. The molecule has 5 nitrogen and oxygen atoms in total. The zero-order chi connectivity index (χ0) is 15.1. The Labute approximate surface area is 127 Å². The Kier molecular flexibility index (Phi) is 3.96. The quantitative estimate of drug-likeness (QED) is 0.806. The Morgan fingerprint density at radius 3 is 2.25 bits per heavy atom. The van der Waals surface area contributed by atoms with E-state index in [2.05, 4.69) is 15.9 Å². The number of sulfonamides is 1. The van der Waals surface area contributed by atoms with Crippen LogP contribution >= 0.6 is 15.9 Å². The van der Waals surface area contributed by atoms with E-state index in [1.165, 1.54) is 16.4 Å². The molecule has 1 aliphatic rings. The van der Waals surface area contributed by atoms with E-state index in [1.54, 1.807) is 37.9 Å². The molecule has 0 atom stereocenters. The Morgan fingerprint density at radius 2 is 1.70 bits per heavy atom. The molecule has 0 N–H and O–H groups in total. The fourth-order valence-corrected chi connectivity index (χ4v) is 4.35. The van der Waals surface area contributed by atoms with Crippen molar-refractivity contribution in [1.29, 1.82) is 0 Å². The van der Waals surface area contributed by atoms with Crippen molar-refractivity contribution in [3.63, 3.8) is 0 Å². The third-order valence-electron chi connectivity index (χ3n) is 3.53. The molecule has 0 unspecified atom stereocenters. The van der Waals surface area contributed by atoms with Gasteiger partial charge in [-0.25, -0.2) is 8.42 Å². The third-order valence-corrected chi connectivity index (χ3v) is 6.15. The molecule has 1 heterocycles. The third kappa shape index (κ3) is 2.49. The summed E-state index contributed by atoms with van der Waals surface area (Å²) in [7, 11) is -1.99. The van der Waals surface area contributed by atoms with Gasteiger partial charge in [-0.1, -0.05) is 15.9 Å². The van der Waals surface area contributed by atoms with Crippen molar-refractivity contribution in [2.24, 2.45) is 0 Å². The minimum atomic E-state index is -3.68. The van der Waals surface area contributed by atoms with E-state index in [9.17, 15) is 13.2 Å². The maximum atomic E-state index is 12.7. The molecular weight excluding hydrogens is 344 g/mol. The Morgan fingerprint density at radius 1 is 1.15 bits per heavy atom. The number of carbonyl (C=O) groups is 1. The summed E-state index contributed by atoms with van der Waals surface area (Å²) in [5.41, 5.74) is -1.07. The molecular formula is C13H17BrN2O3S. The van der Waals surface area contributed by atoms with E-state index in [1.807, 2.05) is 0 Å². The van der Waals surface area contributed by atoms with Gasteiger partial charge >= 0.3 is 0 Å². The molecule has 0 bridgehead atoms. The minimum absolute atomic E-state index is 0.190. The average Bonchev–Trinajstić information content (AvgIpc) is 2.36. The molecule has 0 spiro atoms. The van der Waals surface area contributed by atoms with Gasteiger partial charge in [0.05, 0.1) is 4.90 Å². The molecule has 7 heteroatoms. The highest BCUT2D eigenvalue weighted by Gasteiger charge is 2.46. The first-order valence-electron chi connectivity index (χ1n) is 6.21. The number of benzene rings is 1. The fraction of sp³-hybridized carbons (Fsp3) is 0.462. The van der Waals surface area contributed by atoms with Crippen molar-refractivity contribution >= 4 is 31.9 Å². The summed E-state index contributed by atoms with van der Waals surface area (Å²) in [6.07, 6.45) is 0. The van der Waals surface area contributed by atoms with Gasteiger partial charge in [-0.3, -0.25) is 4.79 Å². The normalized spacial score (nSPS) is 20.2. The molecule has 1 aromatic rings. The summed E-state index contributed by atoms with van der Waals surface area (Å²) in [6, 6.07) is 6.44. The summed E-state index contributed by atoms with van der Waals surface area (Å²) in [5.74, 6) is -0.190. The maximum Gasteiger partial charge on any atom is 0.244 e. The van der Waals surface area contributed by atoms with Crippen LogP contribution in [-0.2, 0) is 14.8 Å². The lowest BCUT2D eigenvalue weighted by Gasteiger charge is -2.43. The van der Waals surface area contributed by atoms with E-state index in [-0.39, 0.29) is 10.8 Å². The van der Waals surface area contributed by atoms with Crippen LogP contribution in [-0.4, -0.2) is 49.2 Å². The predicted molar refractivity (Wildman–Crippen MR) is 79.7 cm³/mol. The Balaban J connectivity index is 2.44. The summed E-state index contributed by atoms with van der Waals surface area (Å²) in [4.78, 5) is 14.0. The second-order valence-corrected chi connectivity index (χ2v) is 8.09. The standard InChI is InChI=1S/C13H17BrN2O3S/c1-13(2)12(17)15(3)8-9-16(13)20(18,19)11-6-4-10(14)5-7-11/h4-7H,8-9H2,1-3H3. The van der Waals surface area contributed by atoms with Gasteiger partial charge in [0.1, 0.15) is 5.54 Å². The molecule has 1 saturated heterocycles. The average molecular weight is 361 g/mol. The summed E-state index contributed by atoms with van der Waals surface area (Å²) < 4.78 is 27.5. The van der Waals surface area contributed by atoms with Crippen molar-refractivity contribution in [3.05, 3.63) is 28.7 Å². The number of likely N-dealkylation sites (N-methyl/N-ethyl adjacent to an activating group) is 1. The number of carbonyl (C=O) groups excluding carboxylic acids is 1. The number of piperazine rings is 1. The van der Waals surface area contributed by atoms with Crippen LogP contribution in [0.25, 0.3) is 0 Å². The lowest BCUT2D eigenvalue weighted by Crippen LogP contribution is -2.63. The van der Waals surface area contributed by atoms with Gasteiger partial charge in [0.2, 0.25) is 15.9 Å². The maximum absolute atomic E-state index is 12.7. The summed E-state index contributed by atoms with van der Waals surface area (Å²) in [6.45, 7) is 3.98. The SMILES string of the molecule is CN1CCN(S(=O)(=O)c2ccc(Br)cc2)C(C)(C)C1=O. The Hall–Kier alpha value is -0.920. The van der Waals surface area contributed by atoms with Crippen LogP contribution in [0.2, 0.25) is 0 Å². The first kappa shape index (κ1) is 15.5. The molecule has 0 aromatic heterocycles. The van der Waals surface area contributed by atoms with Crippen LogP contribution in [0.1, 0.15) is 13.8 Å². The highest BCUT2D eigenvalue weighted by Crippen LogP contribution is 2.29. The lowest BCUT2D eigenvalue weighted by molar-refractivity contribution is -0.142. The molecule has 1 aliphatic heterocycles. The van der Waals surface area contributed by atoms with Crippen molar-refractivity contribution in [2.45, 2.75) is 24.3 Å². The summed E-state index contributed by atoms with van der Waals surface area (Å²) >= 11 is 3.28. The number of hydrogen-bond donors (Lipinski definition) is 0. The molecule has 110 valence electrons. The highest BCUT2D eigenvalue weighted by atomic mass is 79.9. The molecule has 1 fully saturated rings. The van der Waals surface area contributed by atoms with Crippen LogP contribution < -0.4 is 0 Å². The highest BCUT2D eigenvalue weighted by molar-refractivity contribution is 9.10. The van der Waals surface area contributed by atoms with E-state index in [0.717, 1.165) is 4.47 Å². The van der Waals surface area contributed by atoms with E-state index < -0.39 is 15.6 Å². The van der Waals surface area contributed by atoms with Crippen LogP contribution in [0, 0.1) is 0 Å². The number of nitrogens with zero attached hydrogens (tertiary/aromatic N) is 2. The smallest absolute Gasteiger partial charge is 0.244 e. The predicted octanol–water partition coefficient (Wildman–Crippen LogP) is 1.69. The van der Waals surface area contributed by atoms with Crippen LogP contribution in [0.5, 0.6) is 0 Å². The number of amides is 1. The number of hydrogen-bond acceptors (Lipinski definition) is 3. The zero-order valence-corrected chi connectivity index (χ0v) is 14.0. The van der Waals surface area contributed by atoms with Crippen molar-refractivity contribution in [1.82, 2.24) is 9.21 Å². The first-order chi connectivity index (χ1) is 9.17. The van der Waals surface area contributed by atoms with Crippen molar-refractivity contribution in [3.8, 4) is 0 Å². The van der Waals surface area contributed by atoms with Gasteiger partial charge in [-0.15, -0.1) is 0 Å². The van der Waals surface area contributed by atoms with Crippen LogP contribution in [0.3, 0.4) is 0 Å². The lowest BCUT2D eigenvalue weighted by atomic mass is 10.0. The topological polar surface area (TPSA) is 57.7 Å². The first-order valence-corrected chi connectivity index (χ1v) is 8.44. The van der Waals surface area contributed by atoms with E-state index >= 15 is 0 Å². The van der Waals surface area contributed by atoms with Crippen molar-refractivity contribution in [2.75, 3.05) is 20.1 Å². The minimum Gasteiger partial charge on any atom is -0.343 e. The fourth-order valence-electron chi connectivity index (χ4n) is 2.35. The van der Waals surface area contributed by atoms with Gasteiger partial charge in [0.25, 0.3) is 0 Å². The van der Waals surface area contributed by atoms with E-state index in [4.69, 9.17) is 0 Å². The number of halogens is 1. The Bertz CT molecular complexity index is 626. The number of rotatable bonds is 2.